The molecular formula is C29H30N4O. The van der Waals surface area contributed by atoms with Gasteiger partial charge < -0.3 is 15.6 Å². The molecule has 3 N–H and O–H groups in total. The molecule has 5 aromatic rings. The molecule has 0 saturated heterocycles. The van der Waals surface area contributed by atoms with Gasteiger partial charge in [-0.3, -0.25) is 4.98 Å². The molecule has 5 heteroatoms. The summed E-state index contributed by atoms with van der Waals surface area (Å²) >= 11 is 0. The molecule has 0 saturated carbocycles. The highest BCUT2D eigenvalue weighted by Gasteiger charge is 2.18. The lowest BCUT2D eigenvalue weighted by molar-refractivity contribution is 0.433. The van der Waals surface area contributed by atoms with Gasteiger partial charge in [0.1, 0.15) is 5.69 Å². The lowest BCUT2D eigenvalue weighted by Gasteiger charge is -2.08. The number of hydrogen-bond acceptors (Lipinski definition) is 5. The number of hydrogen-bond donors (Lipinski definition) is 2. The third kappa shape index (κ3) is 5.69. The Kier molecular flexibility index (Phi) is 8.04. The van der Waals surface area contributed by atoms with Crippen molar-refractivity contribution in [2.24, 2.45) is 5.73 Å². The summed E-state index contributed by atoms with van der Waals surface area (Å²) in [6.07, 6.45) is 6.51. The van der Waals surface area contributed by atoms with E-state index in [9.17, 15) is 0 Å². The molecule has 2 heterocycles. The van der Waals surface area contributed by atoms with E-state index in [-0.39, 0.29) is 0 Å². The minimum Gasteiger partial charge on any atom is -0.354 e. The SMILES string of the molecule is CN.c1ccc(CCCNc2onc(-c3ccc4cnccc4c3)c2Cc2ccccc2)cc1. The van der Waals surface area contributed by atoms with Crippen molar-refractivity contribution in [3.8, 4) is 11.3 Å². The summed E-state index contributed by atoms with van der Waals surface area (Å²) in [5, 5.41) is 10.2. The Hall–Kier alpha value is -3.96. The molecule has 0 unspecified atom stereocenters. The fraction of sp³-hybridized carbons (Fsp3) is 0.172. The summed E-state index contributed by atoms with van der Waals surface area (Å²) < 4.78 is 5.81. The molecule has 2 aromatic heterocycles. The van der Waals surface area contributed by atoms with Crippen molar-refractivity contribution in [2.75, 3.05) is 18.9 Å². The third-order valence-corrected chi connectivity index (χ3v) is 5.70. The van der Waals surface area contributed by atoms with Crippen LogP contribution in [0.15, 0.2) is 102 Å². The van der Waals surface area contributed by atoms with E-state index in [4.69, 9.17) is 4.52 Å². The maximum absolute atomic E-state index is 5.81. The van der Waals surface area contributed by atoms with Crippen molar-refractivity contribution >= 4 is 16.7 Å². The summed E-state index contributed by atoms with van der Waals surface area (Å²) in [7, 11) is 1.50. The van der Waals surface area contributed by atoms with Gasteiger partial charge in [-0.25, -0.2) is 0 Å². The molecule has 0 aliphatic rings. The third-order valence-electron chi connectivity index (χ3n) is 5.70. The van der Waals surface area contributed by atoms with Crippen molar-refractivity contribution in [2.45, 2.75) is 19.3 Å². The predicted molar refractivity (Wildman–Crippen MR) is 140 cm³/mol. The molecule has 0 atom stereocenters. The second-order valence-electron chi connectivity index (χ2n) is 7.95. The van der Waals surface area contributed by atoms with E-state index in [0.717, 1.165) is 59.3 Å². The topological polar surface area (TPSA) is 77.0 Å². The predicted octanol–water partition coefficient (Wildman–Crippen LogP) is 6.10. The van der Waals surface area contributed by atoms with Crippen molar-refractivity contribution in [1.82, 2.24) is 10.1 Å². The number of nitrogens with zero attached hydrogens (tertiary/aromatic N) is 2. The summed E-state index contributed by atoms with van der Waals surface area (Å²) in [6.45, 7) is 0.828. The van der Waals surface area contributed by atoms with E-state index < -0.39 is 0 Å². The molecule has 172 valence electrons. The number of rotatable bonds is 8. The molecule has 0 spiro atoms. The fourth-order valence-electron chi connectivity index (χ4n) is 4.01. The average Bonchev–Trinajstić information content (AvgIpc) is 3.31. The van der Waals surface area contributed by atoms with Crippen LogP contribution in [0.1, 0.15) is 23.1 Å². The summed E-state index contributed by atoms with van der Waals surface area (Å²) in [5.41, 5.74) is 10.1. The van der Waals surface area contributed by atoms with Gasteiger partial charge in [-0.1, -0.05) is 78.0 Å². The molecule has 0 fully saturated rings. The second kappa shape index (κ2) is 11.8. The van der Waals surface area contributed by atoms with Gasteiger partial charge in [0.25, 0.3) is 0 Å². The number of aryl methyl sites for hydroxylation is 1. The van der Waals surface area contributed by atoms with Gasteiger partial charge in [0.15, 0.2) is 0 Å². The number of fused-ring (bicyclic) bond motifs is 1. The maximum Gasteiger partial charge on any atom is 0.228 e. The fourth-order valence-corrected chi connectivity index (χ4v) is 4.01. The van der Waals surface area contributed by atoms with E-state index in [1.54, 1.807) is 0 Å². The zero-order valence-corrected chi connectivity index (χ0v) is 19.4. The van der Waals surface area contributed by atoms with E-state index >= 15 is 0 Å². The average molecular weight is 451 g/mol. The van der Waals surface area contributed by atoms with Crippen LogP contribution < -0.4 is 11.1 Å². The molecule has 34 heavy (non-hydrogen) atoms. The molecule has 3 aromatic carbocycles. The molecule has 0 aliphatic heterocycles. The molecule has 0 radical (unpaired) electrons. The molecular weight excluding hydrogens is 420 g/mol. The zero-order valence-electron chi connectivity index (χ0n) is 19.4. The summed E-state index contributed by atoms with van der Waals surface area (Å²) in [5.74, 6) is 0.756. The lowest BCUT2D eigenvalue weighted by Crippen LogP contribution is -2.04. The Labute approximate surface area is 200 Å². The van der Waals surface area contributed by atoms with Crippen LogP contribution >= 0.6 is 0 Å². The van der Waals surface area contributed by atoms with Crippen LogP contribution in [-0.2, 0) is 12.8 Å². The van der Waals surface area contributed by atoms with Crippen LogP contribution in [0.5, 0.6) is 0 Å². The highest BCUT2D eigenvalue weighted by atomic mass is 16.5. The van der Waals surface area contributed by atoms with Crippen molar-refractivity contribution in [3.05, 3.63) is 114 Å². The number of aromatic nitrogens is 2. The van der Waals surface area contributed by atoms with Gasteiger partial charge in [-0.2, -0.15) is 0 Å². The van der Waals surface area contributed by atoms with E-state index in [0.29, 0.717) is 0 Å². The minimum atomic E-state index is 0.756. The maximum atomic E-state index is 5.81. The highest BCUT2D eigenvalue weighted by Crippen LogP contribution is 2.32. The van der Waals surface area contributed by atoms with E-state index in [1.807, 2.05) is 24.5 Å². The molecule has 5 rings (SSSR count). The van der Waals surface area contributed by atoms with Gasteiger partial charge in [0.05, 0.1) is 0 Å². The first kappa shape index (κ1) is 23.2. The van der Waals surface area contributed by atoms with E-state index in [1.165, 1.54) is 18.2 Å². The smallest absolute Gasteiger partial charge is 0.228 e. The van der Waals surface area contributed by atoms with Crippen molar-refractivity contribution in [3.63, 3.8) is 0 Å². The van der Waals surface area contributed by atoms with Crippen LogP contribution in [-0.4, -0.2) is 23.7 Å². The Morgan fingerprint density at radius 3 is 2.32 bits per heavy atom. The molecule has 5 nitrogen and oxygen atoms in total. The number of anilines is 1. The van der Waals surface area contributed by atoms with Gasteiger partial charge in [0, 0.05) is 41.9 Å². The Bertz CT molecular complexity index is 1300. The summed E-state index contributed by atoms with van der Waals surface area (Å²) in [6, 6.07) is 29.4. The van der Waals surface area contributed by atoms with Crippen LogP contribution in [0, 0.1) is 0 Å². The number of pyridine rings is 1. The van der Waals surface area contributed by atoms with Crippen LogP contribution in [0.2, 0.25) is 0 Å². The number of nitrogens with one attached hydrogen (secondary N) is 1. The first-order valence-corrected chi connectivity index (χ1v) is 11.6. The first-order valence-electron chi connectivity index (χ1n) is 11.6. The standard InChI is InChI=1S/C28H25N3O.CH5N/c1-3-8-21(9-4-1)12-7-16-30-28-26(18-22-10-5-2-6-11-22)27(31-32-28)24-13-14-25-20-29-17-15-23(25)19-24;1-2/h1-6,8-11,13-15,17,19-20,30H,7,12,16,18H2;2H2,1H3. The largest absolute Gasteiger partial charge is 0.354 e. The lowest BCUT2D eigenvalue weighted by atomic mass is 9.99. The normalized spacial score (nSPS) is 10.5. The highest BCUT2D eigenvalue weighted by molar-refractivity contribution is 5.86. The quantitative estimate of drug-likeness (QED) is 0.279. The zero-order chi connectivity index (χ0) is 23.6. The van der Waals surface area contributed by atoms with Crippen LogP contribution in [0.4, 0.5) is 5.88 Å². The number of nitrogens with two attached hydrogens (primary N) is 1. The van der Waals surface area contributed by atoms with Gasteiger partial charge >= 0.3 is 0 Å². The molecule has 0 bridgehead atoms. The van der Waals surface area contributed by atoms with Crippen LogP contribution in [0.25, 0.3) is 22.0 Å². The first-order chi connectivity index (χ1) is 16.9. The van der Waals surface area contributed by atoms with E-state index in [2.05, 4.69) is 94.0 Å². The Morgan fingerprint density at radius 2 is 1.56 bits per heavy atom. The summed E-state index contributed by atoms with van der Waals surface area (Å²) in [4.78, 5) is 4.21. The van der Waals surface area contributed by atoms with Crippen LogP contribution in [0.3, 0.4) is 0 Å². The second-order valence-corrected chi connectivity index (χ2v) is 7.95. The monoisotopic (exact) mass is 450 g/mol. The molecule has 0 amide bonds. The van der Waals surface area contributed by atoms with Gasteiger partial charge in [-0.05, 0) is 48.5 Å². The minimum absolute atomic E-state index is 0.756. The van der Waals surface area contributed by atoms with Crippen molar-refractivity contribution in [1.29, 1.82) is 0 Å². The van der Waals surface area contributed by atoms with Gasteiger partial charge in [-0.15, -0.1) is 0 Å². The Morgan fingerprint density at radius 1 is 0.824 bits per heavy atom. The Balaban J connectivity index is 0.00000133. The van der Waals surface area contributed by atoms with Gasteiger partial charge in [0.2, 0.25) is 5.88 Å². The number of benzene rings is 3. The van der Waals surface area contributed by atoms with Crippen molar-refractivity contribution < 1.29 is 4.52 Å². The molecule has 0 aliphatic carbocycles.